The average Bonchev–Trinajstić information content (AvgIpc) is 3.02. The van der Waals surface area contributed by atoms with Gasteiger partial charge in [-0.1, -0.05) is 13.0 Å². The van der Waals surface area contributed by atoms with Crippen molar-refractivity contribution in [3.63, 3.8) is 0 Å². The van der Waals surface area contributed by atoms with E-state index in [2.05, 4.69) is 21.5 Å². The molecule has 21 heavy (non-hydrogen) atoms. The van der Waals surface area contributed by atoms with Crippen molar-refractivity contribution in [1.29, 1.82) is 0 Å². The van der Waals surface area contributed by atoms with Crippen LogP contribution in [0.25, 0.3) is 0 Å². The molecule has 112 valence electrons. The first-order valence-electron chi connectivity index (χ1n) is 6.97. The van der Waals surface area contributed by atoms with Gasteiger partial charge in [0.25, 0.3) is 0 Å². The van der Waals surface area contributed by atoms with Crippen LogP contribution >= 0.6 is 0 Å². The number of hydrogen-bond acceptors (Lipinski definition) is 5. The second kappa shape index (κ2) is 7.04. The molecule has 0 radical (unpaired) electrons. The minimum Gasteiger partial charge on any atom is -0.463 e. The molecule has 5 heteroatoms. The summed E-state index contributed by atoms with van der Waals surface area (Å²) in [6, 6.07) is 9.39. The monoisotopic (exact) mass is 288 g/mol. The zero-order chi connectivity index (χ0) is 15.2. The smallest absolute Gasteiger partial charge is 0.373 e. The Labute approximate surface area is 124 Å². The number of methoxy groups -OCH3 is 1. The van der Waals surface area contributed by atoms with E-state index in [-0.39, 0.29) is 11.8 Å². The zero-order valence-electron chi connectivity index (χ0n) is 12.6. The maximum atomic E-state index is 11.4. The summed E-state index contributed by atoms with van der Waals surface area (Å²) in [6.45, 7) is 5.72. The summed E-state index contributed by atoms with van der Waals surface area (Å²) >= 11 is 0. The van der Waals surface area contributed by atoms with Crippen molar-refractivity contribution >= 4 is 5.97 Å². The van der Waals surface area contributed by atoms with E-state index in [1.54, 1.807) is 12.3 Å². The van der Waals surface area contributed by atoms with Crippen LogP contribution in [-0.4, -0.2) is 29.5 Å². The number of nitrogens with zero attached hydrogens (tertiary/aromatic N) is 2. The number of pyridine rings is 1. The molecular weight excluding hydrogens is 268 g/mol. The van der Waals surface area contributed by atoms with Crippen LogP contribution in [0.1, 0.15) is 41.9 Å². The third-order valence-corrected chi connectivity index (χ3v) is 3.47. The van der Waals surface area contributed by atoms with Gasteiger partial charge in [0.2, 0.25) is 5.76 Å². The number of carbonyl (C=O) groups is 1. The van der Waals surface area contributed by atoms with E-state index in [1.807, 2.05) is 31.2 Å². The number of aromatic nitrogens is 1. The summed E-state index contributed by atoms with van der Waals surface area (Å²) in [6.07, 6.45) is 1.79. The molecule has 0 aliphatic rings. The van der Waals surface area contributed by atoms with Crippen LogP contribution in [0, 0.1) is 0 Å². The summed E-state index contributed by atoms with van der Waals surface area (Å²) < 4.78 is 10.2. The zero-order valence-corrected chi connectivity index (χ0v) is 12.6. The van der Waals surface area contributed by atoms with Gasteiger partial charge in [-0.05, 0) is 37.7 Å². The van der Waals surface area contributed by atoms with Gasteiger partial charge in [0.05, 0.1) is 18.8 Å². The fourth-order valence-corrected chi connectivity index (χ4v) is 2.19. The van der Waals surface area contributed by atoms with E-state index in [0.717, 1.165) is 24.5 Å². The molecule has 0 fully saturated rings. The molecule has 0 saturated carbocycles. The molecule has 1 atom stereocenters. The molecule has 2 aromatic heterocycles. The van der Waals surface area contributed by atoms with E-state index in [9.17, 15) is 4.79 Å². The molecule has 0 saturated heterocycles. The number of ether oxygens (including phenoxy) is 1. The van der Waals surface area contributed by atoms with Gasteiger partial charge in [-0.25, -0.2) is 4.79 Å². The van der Waals surface area contributed by atoms with Crippen molar-refractivity contribution in [2.24, 2.45) is 0 Å². The molecule has 0 N–H and O–H groups in total. The molecular formula is C16H20N2O3. The third kappa shape index (κ3) is 3.70. The van der Waals surface area contributed by atoms with E-state index in [0.29, 0.717) is 0 Å². The summed E-state index contributed by atoms with van der Waals surface area (Å²) in [4.78, 5) is 18.0. The minimum absolute atomic E-state index is 0.0513. The molecule has 0 bridgehead atoms. The summed E-state index contributed by atoms with van der Waals surface area (Å²) in [7, 11) is 1.34. The van der Waals surface area contributed by atoms with Crippen molar-refractivity contribution < 1.29 is 13.9 Å². The van der Waals surface area contributed by atoms with E-state index in [1.165, 1.54) is 7.11 Å². The van der Waals surface area contributed by atoms with Gasteiger partial charge in [0, 0.05) is 12.7 Å². The van der Waals surface area contributed by atoms with Crippen LogP contribution in [0.3, 0.4) is 0 Å². The Morgan fingerprint density at radius 2 is 2.19 bits per heavy atom. The summed E-state index contributed by atoms with van der Waals surface area (Å²) in [5.41, 5.74) is 1.01. The predicted molar refractivity (Wildman–Crippen MR) is 78.8 cm³/mol. The lowest BCUT2D eigenvalue weighted by Gasteiger charge is -2.25. The van der Waals surface area contributed by atoms with Gasteiger partial charge in [-0.15, -0.1) is 0 Å². The van der Waals surface area contributed by atoms with Gasteiger partial charge < -0.3 is 9.15 Å². The Hall–Kier alpha value is -2.14. The molecule has 1 unspecified atom stereocenters. The Kier molecular flexibility index (Phi) is 5.11. The lowest BCUT2D eigenvalue weighted by atomic mass is 10.2. The van der Waals surface area contributed by atoms with Crippen LogP contribution in [0.4, 0.5) is 0 Å². The number of carbonyl (C=O) groups excluding carboxylic acids is 1. The fraction of sp³-hybridized carbons (Fsp3) is 0.375. The van der Waals surface area contributed by atoms with Crippen molar-refractivity contribution in [3.05, 3.63) is 53.7 Å². The lowest BCUT2D eigenvalue weighted by molar-refractivity contribution is 0.0558. The van der Waals surface area contributed by atoms with Crippen LogP contribution in [-0.2, 0) is 11.3 Å². The summed E-state index contributed by atoms with van der Waals surface area (Å²) in [5.74, 6) is 0.516. The molecule has 0 amide bonds. The van der Waals surface area contributed by atoms with Crippen molar-refractivity contribution in [3.8, 4) is 0 Å². The normalized spacial score (nSPS) is 12.4. The van der Waals surface area contributed by atoms with E-state index in [4.69, 9.17) is 4.42 Å². The van der Waals surface area contributed by atoms with Crippen molar-refractivity contribution in [2.45, 2.75) is 26.4 Å². The molecule has 0 spiro atoms. The highest BCUT2D eigenvalue weighted by atomic mass is 16.5. The van der Waals surface area contributed by atoms with E-state index < -0.39 is 5.97 Å². The SMILES string of the molecule is CCN(Cc1ccccn1)C(C)c1ccc(C(=O)OC)o1. The second-order valence-corrected chi connectivity index (χ2v) is 4.75. The maximum absolute atomic E-state index is 11.4. The Bertz CT molecular complexity index is 580. The van der Waals surface area contributed by atoms with Crippen molar-refractivity contribution in [1.82, 2.24) is 9.88 Å². The van der Waals surface area contributed by atoms with Crippen LogP contribution in [0.2, 0.25) is 0 Å². The van der Waals surface area contributed by atoms with Crippen LogP contribution in [0.15, 0.2) is 40.9 Å². The first kappa shape index (κ1) is 15.3. The number of furan rings is 1. The Balaban J connectivity index is 2.10. The van der Waals surface area contributed by atoms with Crippen LogP contribution in [0.5, 0.6) is 0 Å². The highest BCUT2D eigenvalue weighted by molar-refractivity contribution is 5.86. The molecule has 0 aliphatic heterocycles. The Morgan fingerprint density at radius 1 is 1.38 bits per heavy atom. The maximum Gasteiger partial charge on any atom is 0.373 e. The number of hydrogen-bond donors (Lipinski definition) is 0. The number of esters is 1. The largest absolute Gasteiger partial charge is 0.463 e. The average molecular weight is 288 g/mol. The fourth-order valence-electron chi connectivity index (χ4n) is 2.19. The third-order valence-electron chi connectivity index (χ3n) is 3.47. The van der Waals surface area contributed by atoms with Crippen molar-refractivity contribution in [2.75, 3.05) is 13.7 Å². The van der Waals surface area contributed by atoms with E-state index >= 15 is 0 Å². The van der Waals surface area contributed by atoms with Gasteiger partial charge in [-0.3, -0.25) is 9.88 Å². The quantitative estimate of drug-likeness (QED) is 0.765. The molecule has 2 rings (SSSR count). The standard InChI is InChI=1S/C16H20N2O3/c1-4-18(11-13-7-5-6-10-17-13)12(2)14-8-9-15(21-14)16(19)20-3/h5-10,12H,4,11H2,1-3H3. The molecule has 2 heterocycles. The Morgan fingerprint density at radius 3 is 2.81 bits per heavy atom. The minimum atomic E-state index is -0.457. The van der Waals surface area contributed by atoms with Gasteiger partial charge in [-0.2, -0.15) is 0 Å². The van der Waals surface area contributed by atoms with Crippen LogP contribution < -0.4 is 0 Å². The van der Waals surface area contributed by atoms with Gasteiger partial charge >= 0.3 is 5.97 Å². The molecule has 0 aromatic carbocycles. The molecule has 2 aromatic rings. The second-order valence-electron chi connectivity index (χ2n) is 4.75. The topological polar surface area (TPSA) is 55.6 Å². The highest BCUT2D eigenvalue weighted by Gasteiger charge is 2.20. The lowest BCUT2D eigenvalue weighted by Crippen LogP contribution is -2.26. The van der Waals surface area contributed by atoms with Gasteiger partial charge in [0.1, 0.15) is 5.76 Å². The molecule has 5 nitrogen and oxygen atoms in total. The first-order chi connectivity index (χ1) is 10.2. The predicted octanol–water partition coefficient (Wildman–Crippen LogP) is 3.04. The highest BCUT2D eigenvalue weighted by Crippen LogP contribution is 2.24. The number of rotatable bonds is 6. The summed E-state index contributed by atoms with van der Waals surface area (Å²) in [5, 5.41) is 0. The van der Waals surface area contributed by atoms with Gasteiger partial charge in [0.15, 0.2) is 0 Å². The first-order valence-corrected chi connectivity index (χ1v) is 6.97. The molecule has 0 aliphatic carbocycles.